The first-order valence-electron chi connectivity index (χ1n) is 10.5. The van der Waals surface area contributed by atoms with E-state index < -0.39 is 22.5 Å². The summed E-state index contributed by atoms with van der Waals surface area (Å²) >= 11 is 0. The number of nitrogens with zero attached hydrogens (tertiary/aromatic N) is 1. The van der Waals surface area contributed by atoms with Gasteiger partial charge in [0.05, 0.1) is 23.8 Å². The number of methoxy groups -OCH3 is 1. The van der Waals surface area contributed by atoms with Gasteiger partial charge in [0, 0.05) is 5.69 Å². The Hall–Kier alpha value is -3.52. The summed E-state index contributed by atoms with van der Waals surface area (Å²) in [5, 5.41) is 2.75. The summed E-state index contributed by atoms with van der Waals surface area (Å²) in [4.78, 5) is 13.0. The number of rotatable bonds is 9. The first-order chi connectivity index (χ1) is 15.7. The van der Waals surface area contributed by atoms with Gasteiger partial charge in [0.25, 0.3) is 10.0 Å². The van der Waals surface area contributed by atoms with Crippen molar-refractivity contribution in [1.82, 2.24) is 0 Å². The van der Waals surface area contributed by atoms with Gasteiger partial charge in [0.2, 0.25) is 5.91 Å². The van der Waals surface area contributed by atoms with E-state index in [0.717, 1.165) is 9.87 Å². The number of para-hydroxylation sites is 2. The molecule has 0 unspecified atom stereocenters. The second-order valence-electron chi connectivity index (χ2n) is 7.74. The fourth-order valence-corrected chi connectivity index (χ4v) is 4.62. The first kappa shape index (κ1) is 24.1. The Morgan fingerprint density at radius 1 is 0.970 bits per heavy atom. The molecule has 0 aliphatic heterocycles. The number of anilines is 2. The van der Waals surface area contributed by atoms with Crippen LogP contribution in [0.4, 0.5) is 11.4 Å². The number of aryl methyl sites for hydroxylation is 1. The number of benzene rings is 3. The number of sulfonamides is 1. The van der Waals surface area contributed by atoms with Crippen molar-refractivity contribution in [1.29, 1.82) is 0 Å². The van der Waals surface area contributed by atoms with Crippen molar-refractivity contribution in [2.45, 2.75) is 31.8 Å². The van der Waals surface area contributed by atoms with Crippen LogP contribution in [-0.2, 0) is 14.8 Å². The third kappa shape index (κ3) is 6.04. The van der Waals surface area contributed by atoms with E-state index in [-0.39, 0.29) is 16.7 Å². The molecule has 0 aliphatic carbocycles. The van der Waals surface area contributed by atoms with Gasteiger partial charge in [-0.25, -0.2) is 8.42 Å². The summed E-state index contributed by atoms with van der Waals surface area (Å²) < 4.78 is 39.1. The molecule has 174 valence electrons. The van der Waals surface area contributed by atoms with Crippen LogP contribution in [-0.4, -0.2) is 34.1 Å². The molecule has 7 nitrogen and oxygen atoms in total. The molecule has 3 aromatic carbocycles. The highest BCUT2D eigenvalue weighted by Crippen LogP contribution is 2.32. The molecule has 0 saturated carbocycles. The van der Waals surface area contributed by atoms with Gasteiger partial charge in [-0.3, -0.25) is 9.10 Å². The van der Waals surface area contributed by atoms with Gasteiger partial charge in [-0.15, -0.1) is 0 Å². The highest BCUT2D eigenvalue weighted by molar-refractivity contribution is 7.92. The molecule has 1 amide bonds. The largest absolute Gasteiger partial charge is 0.495 e. The Bertz CT molecular complexity index is 1190. The average molecular weight is 469 g/mol. The van der Waals surface area contributed by atoms with Crippen LogP contribution < -0.4 is 19.1 Å². The first-order valence-corrected chi connectivity index (χ1v) is 11.9. The zero-order valence-electron chi connectivity index (χ0n) is 19.1. The fourth-order valence-electron chi connectivity index (χ4n) is 3.19. The van der Waals surface area contributed by atoms with Gasteiger partial charge in [-0.2, -0.15) is 0 Å². The molecule has 0 heterocycles. The average Bonchev–Trinajstić information content (AvgIpc) is 2.78. The van der Waals surface area contributed by atoms with Crippen LogP contribution in [0.15, 0.2) is 77.7 Å². The molecule has 1 N–H and O–H groups in total. The third-order valence-electron chi connectivity index (χ3n) is 4.76. The molecule has 3 aromatic rings. The molecule has 3 rings (SSSR count). The minimum atomic E-state index is -4.04. The number of carbonyl (C=O) groups excluding carboxylic acids is 1. The van der Waals surface area contributed by atoms with E-state index in [1.165, 1.54) is 19.2 Å². The number of amides is 1. The van der Waals surface area contributed by atoms with Crippen molar-refractivity contribution >= 4 is 27.3 Å². The van der Waals surface area contributed by atoms with Crippen molar-refractivity contribution in [3.8, 4) is 11.5 Å². The lowest BCUT2D eigenvalue weighted by Gasteiger charge is -2.25. The summed E-state index contributed by atoms with van der Waals surface area (Å²) in [6.45, 7) is 5.30. The standard InChI is InChI=1S/C25H28N2O5S/c1-18(2)32-21-13-11-20(12-14-21)26-25(28)17-27(23-7-5-6-8-24(23)31-4)33(29,30)22-15-9-19(3)10-16-22/h5-16,18H,17H2,1-4H3,(H,26,28). The minimum Gasteiger partial charge on any atom is -0.495 e. The van der Waals surface area contributed by atoms with Crippen molar-refractivity contribution in [2.75, 3.05) is 23.3 Å². The van der Waals surface area contributed by atoms with Gasteiger partial charge >= 0.3 is 0 Å². The van der Waals surface area contributed by atoms with Crippen molar-refractivity contribution < 1.29 is 22.7 Å². The van der Waals surface area contributed by atoms with Crippen molar-refractivity contribution in [3.05, 3.63) is 78.4 Å². The molecule has 0 fully saturated rings. The second kappa shape index (κ2) is 10.4. The SMILES string of the molecule is COc1ccccc1N(CC(=O)Nc1ccc(OC(C)C)cc1)S(=O)(=O)c1ccc(C)cc1. The van der Waals surface area contributed by atoms with Crippen LogP contribution in [0.1, 0.15) is 19.4 Å². The zero-order valence-corrected chi connectivity index (χ0v) is 19.9. The molecule has 8 heteroatoms. The third-order valence-corrected chi connectivity index (χ3v) is 6.53. The van der Waals surface area contributed by atoms with Crippen LogP contribution in [0, 0.1) is 6.92 Å². The normalized spacial score (nSPS) is 11.2. The lowest BCUT2D eigenvalue weighted by Crippen LogP contribution is -2.38. The predicted molar refractivity (Wildman–Crippen MR) is 130 cm³/mol. The molecule has 0 bridgehead atoms. The topological polar surface area (TPSA) is 84.9 Å². The maximum Gasteiger partial charge on any atom is 0.264 e. The van der Waals surface area contributed by atoms with Gasteiger partial charge in [0.1, 0.15) is 18.0 Å². The van der Waals surface area contributed by atoms with E-state index in [1.54, 1.807) is 60.7 Å². The van der Waals surface area contributed by atoms with Crippen molar-refractivity contribution in [3.63, 3.8) is 0 Å². The summed E-state index contributed by atoms with van der Waals surface area (Å²) in [6.07, 6.45) is 0.0341. The number of hydrogen-bond donors (Lipinski definition) is 1. The molecule has 0 aromatic heterocycles. The van der Waals surface area contributed by atoms with Gasteiger partial charge < -0.3 is 14.8 Å². The van der Waals surface area contributed by atoms with Crippen molar-refractivity contribution in [2.24, 2.45) is 0 Å². The Morgan fingerprint density at radius 3 is 2.21 bits per heavy atom. The number of hydrogen-bond acceptors (Lipinski definition) is 5. The van der Waals surface area contributed by atoms with E-state index in [2.05, 4.69) is 5.32 Å². The quantitative estimate of drug-likeness (QED) is 0.495. The summed E-state index contributed by atoms with van der Waals surface area (Å²) in [5.41, 5.74) is 1.74. The van der Waals surface area contributed by atoms with Crippen LogP contribution in [0.25, 0.3) is 0 Å². The smallest absolute Gasteiger partial charge is 0.264 e. The molecule has 0 atom stereocenters. The zero-order chi connectivity index (χ0) is 24.0. The Balaban J connectivity index is 1.90. The van der Waals surface area contributed by atoms with E-state index >= 15 is 0 Å². The minimum absolute atomic E-state index is 0.0341. The highest BCUT2D eigenvalue weighted by Gasteiger charge is 2.29. The van der Waals surface area contributed by atoms with E-state index in [0.29, 0.717) is 17.2 Å². The molecule has 0 aliphatic rings. The lowest BCUT2D eigenvalue weighted by atomic mass is 10.2. The Morgan fingerprint density at radius 2 is 1.61 bits per heavy atom. The Kier molecular flexibility index (Phi) is 7.60. The number of carbonyl (C=O) groups is 1. The highest BCUT2D eigenvalue weighted by atomic mass is 32.2. The van der Waals surface area contributed by atoms with Crippen LogP contribution in [0.3, 0.4) is 0 Å². The molecular formula is C25H28N2O5S. The molecule has 33 heavy (non-hydrogen) atoms. The molecule has 0 spiro atoms. The monoisotopic (exact) mass is 468 g/mol. The van der Waals surface area contributed by atoms with Crippen LogP contribution >= 0.6 is 0 Å². The molecular weight excluding hydrogens is 440 g/mol. The lowest BCUT2D eigenvalue weighted by molar-refractivity contribution is -0.114. The van der Waals surface area contributed by atoms with E-state index in [4.69, 9.17) is 9.47 Å². The molecule has 0 radical (unpaired) electrons. The number of ether oxygens (including phenoxy) is 2. The molecule has 0 saturated heterocycles. The van der Waals surface area contributed by atoms with Gasteiger partial charge in [-0.1, -0.05) is 29.8 Å². The van der Waals surface area contributed by atoms with Gasteiger partial charge in [-0.05, 0) is 69.3 Å². The maximum absolute atomic E-state index is 13.5. The Labute approximate surface area is 195 Å². The predicted octanol–water partition coefficient (Wildman–Crippen LogP) is 4.62. The summed E-state index contributed by atoms with van der Waals surface area (Å²) in [6, 6.07) is 20.1. The van der Waals surface area contributed by atoms with Crippen LogP contribution in [0.2, 0.25) is 0 Å². The summed E-state index contributed by atoms with van der Waals surface area (Å²) in [5.74, 6) is 0.533. The fraction of sp³-hybridized carbons (Fsp3) is 0.240. The van der Waals surface area contributed by atoms with E-state index in [9.17, 15) is 13.2 Å². The maximum atomic E-state index is 13.5. The number of nitrogens with one attached hydrogen (secondary N) is 1. The van der Waals surface area contributed by atoms with Crippen LogP contribution in [0.5, 0.6) is 11.5 Å². The summed E-state index contributed by atoms with van der Waals surface area (Å²) in [7, 11) is -2.58. The second-order valence-corrected chi connectivity index (χ2v) is 9.60. The van der Waals surface area contributed by atoms with E-state index in [1.807, 2.05) is 20.8 Å². The van der Waals surface area contributed by atoms with Gasteiger partial charge in [0.15, 0.2) is 0 Å².